The van der Waals surface area contributed by atoms with Gasteiger partial charge in [-0.15, -0.1) is 24.8 Å². The molecule has 4 N–H and O–H groups in total. The fourth-order valence-corrected chi connectivity index (χ4v) is 1.54. The van der Waals surface area contributed by atoms with Gasteiger partial charge in [0.15, 0.2) is 0 Å². The van der Waals surface area contributed by atoms with Crippen molar-refractivity contribution in [1.82, 2.24) is 0 Å². The number of alkyl halides is 2. The summed E-state index contributed by atoms with van der Waals surface area (Å²) in [7, 11) is 0. The number of hydrogen-bond acceptors (Lipinski definition) is 2. The van der Waals surface area contributed by atoms with Crippen LogP contribution in [-0.2, 0) is 0 Å². The molecule has 0 aromatic carbocycles. The van der Waals surface area contributed by atoms with Crippen molar-refractivity contribution in [3.05, 3.63) is 0 Å². The van der Waals surface area contributed by atoms with Crippen LogP contribution in [0.3, 0.4) is 0 Å². The van der Waals surface area contributed by atoms with Crippen LogP contribution in [0.5, 0.6) is 0 Å². The summed E-state index contributed by atoms with van der Waals surface area (Å²) in [5, 5.41) is 0. The lowest BCUT2D eigenvalue weighted by atomic mass is 9.67. The van der Waals surface area contributed by atoms with E-state index in [0.29, 0.717) is 12.8 Å². The van der Waals surface area contributed by atoms with Gasteiger partial charge < -0.3 is 11.5 Å². The van der Waals surface area contributed by atoms with Gasteiger partial charge in [-0.25, -0.2) is 8.78 Å². The highest BCUT2D eigenvalue weighted by atomic mass is 35.5. The maximum absolute atomic E-state index is 12.2. The number of halogens is 4. The molecule has 0 amide bonds. The maximum atomic E-state index is 12.2. The molecular weight excluding hydrogens is 221 g/mol. The molecule has 82 valence electrons. The minimum Gasteiger partial charge on any atom is -0.328 e. The average Bonchev–Trinajstić information content (AvgIpc) is 1.83. The zero-order valence-electron chi connectivity index (χ0n) is 7.37. The second-order valence-electron chi connectivity index (χ2n) is 3.52. The fourth-order valence-electron chi connectivity index (χ4n) is 1.54. The largest absolute Gasteiger partial charge is 0.328 e. The predicted octanol–water partition coefficient (Wildman–Crippen LogP) is 1.55. The molecule has 1 saturated carbocycles. The molecule has 1 atom stereocenters. The Balaban J connectivity index is 0. The van der Waals surface area contributed by atoms with Gasteiger partial charge in [0, 0.05) is 17.5 Å². The first-order valence-corrected chi connectivity index (χ1v) is 3.78. The molecule has 0 radical (unpaired) electrons. The standard InChI is InChI=1S/C7H14F2N2.2ClH/c1-4(6(8)9)7(11)2-5(10)3-7;;/h4-6H,2-3,10-11H2,1H3;2*1H. The first-order valence-electron chi connectivity index (χ1n) is 3.78. The van der Waals surface area contributed by atoms with E-state index in [1.54, 1.807) is 0 Å². The highest BCUT2D eigenvalue weighted by molar-refractivity contribution is 5.85. The summed E-state index contributed by atoms with van der Waals surface area (Å²) in [6.07, 6.45) is -1.27. The molecule has 0 saturated heterocycles. The van der Waals surface area contributed by atoms with E-state index >= 15 is 0 Å². The normalized spacial score (nSPS) is 34.2. The van der Waals surface area contributed by atoms with Crippen LogP contribution < -0.4 is 11.5 Å². The van der Waals surface area contributed by atoms with Crippen LogP contribution in [0.2, 0.25) is 0 Å². The van der Waals surface area contributed by atoms with Gasteiger partial charge in [0.05, 0.1) is 0 Å². The van der Waals surface area contributed by atoms with Crippen molar-refractivity contribution in [2.24, 2.45) is 17.4 Å². The minimum absolute atomic E-state index is 0. The lowest BCUT2D eigenvalue weighted by molar-refractivity contribution is 0.00346. The van der Waals surface area contributed by atoms with Gasteiger partial charge in [-0.05, 0) is 12.8 Å². The molecule has 13 heavy (non-hydrogen) atoms. The lowest BCUT2D eigenvalue weighted by Gasteiger charge is -2.47. The Morgan fingerprint density at radius 3 is 1.92 bits per heavy atom. The van der Waals surface area contributed by atoms with Crippen LogP contribution in [0.4, 0.5) is 8.78 Å². The second-order valence-corrected chi connectivity index (χ2v) is 3.52. The number of hydrogen-bond donors (Lipinski definition) is 2. The van der Waals surface area contributed by atoms with Crippen molar-refractivity contribution in [3.8, 4) is 0 Å². The summed E-state index contributed by atoms with van der Waals surface area (Å²) < 4.78 is 24.3. The van der Waals surface area contributed by atoms with Gasteiger partial charge in [-0.3, -0.25) is 0 Å². The Hall–Kier alpha value is 0.360. The monoisotopic (exact) mass is 236 g/mol. The summed E-state index contributed by atoms with van der Waals surface area (Å²) in [5.41, 5.74) is 10.4. The molecular formula is C7H16Cl2F2N2. The van der Waals surface area contributed by atoms with E-state index in [1.807, 2.05) is 0 Å². The van der Waals surface area contributed by atoms with Crippen molar-refractivity contribution in [1.29, 1.82) is 0 Å². The molecule has 0 bridgehead atoms. The predicted molar refractivity (Wildman–Crippen MR) is 53.8 cm³/mol. The Morgan fingerprint density at radius 1 is 1.31 bits per heavy atom. The van der Waals surface area contributed by atoms with Gasteiger partial charge >= 0.3 is 0 Å². The van der Waals surface area contributed by atoms with Crippen LogP contribution in [0.15, 0.2) is 0 Å². The summed E-state index contributed by atoms with van der Waals surface area (Å²) in [4.78, 5) is 0. The SMILES string of the molecule is CC(C(F)F)C1(N)CC(N)C1.Cl.Cl. The summed E-state index contributed by atoms with van der Waals surface area (Å²) in [6.45, 7) is 1.48. The maximum Gasteiger partial charge on any atom is 0.242 e. The zero-order valence-corrected chi connectivity index (χ0v) is 9.01. The highest BCUT2D eigenvalue weighted by Crippen LogP contribution is 2.37. The van der Waals surface area contributed by atoms with Crippen molar-refractivity contribution in [2.45, 2.75) is 37.8 Å². The van der Waals surface area contributed by atoms with E-state index in [-0.39, 0.29) is 30.9 Å². The first-order chi connectivity index (χ1) is 4.96. The third kappa shape index (κ3) is 3.20. The molecule has 0 heterocycles. The van der Waals surface area contributed by atoms with Gasteiger partial charge in [0.1, 0.15) is 0 Å². The Morgan fingerprint density at radius 2 is 1.69 bits per heavy atom. The molecule has 0 spiro atoms. The molecule has 1 fully saturated rings. The Kier molecular flexibility index (Phi) is 6.44. The van der Waals surface area contributed by atoms with E-state index in [4.69, 9.17) is 11.5 Å². The summed E-state index contributed by atoms with van der Waals surface area (Å²) in [6, 6.07) is 0.0289. The van der Waals surface area contributed by atoms with Crippen LogP contribution in [-0.4, -0.2) is 18.0 Å². The third-order valence-corrected chi connectivity index (χ3v) is 2.57. The van der Waals surface area contributed by atoms with E-state index in [0.717, 1.165) is 0 Å². The molecule has 1 rings (SSSR count). The molecule has 0 aromatic heterocycles. The van der Waals surface area contributed by atoms with E-state index in [1.165, 1.54) is 6.92 Å². The Bertz CT molecular complexity index is 151. The quantitative estimate of drug-likeness (QED) is 0.765. The van der Waals surface area contributed by atoms with Crippen LogP contribution in [0.25, 0.3) is 0 Å². The van der Waals surface area contributed by atoms with Crippen LogP contribution >= 0.6 is 24.8 Å². The van der Waals surface area contributed by atoms with E-state index < -0.39 is 17.9 Å². The molecule has 1 aliphatic carbocycles. The molecule has 1 unspecified atom stereocenters. The highest BCUT2D eigenvalue weighted by Gasteiger charge is 2.46. The van der Waals surface area contributed by atoms with Crippen molar-refractivity contribution in [2.75, 3.05) is 0 Å². The molecule has 1 aliphatic rings. The van der Waals surface area contributed by atoms with Crippen molar-refractivity contribution in [3.63, 3.8) is 0 Å². The average molecular weight is 237 g/mol. The van der Waals surface area contributed by atoms with Crippen molar-refractivity contribution >= 4 is 24.8 Å². The Labute approximate surface area is 89.2 Å². The van der Waals surface area contributed by atoms with E-state index in [2.05, 4.69) is 0 Å². The molecule has 2 nitrogen and oxygen atoms in total. The summed E-state index contributed by atoms with van der Waals surface area (Å²) >= 11 is 0. The van der Waals surface area contributed by atoms with Crippen molar-refractivity contribution < 1.29 is 8.78 Å². The number of nitrogens with two attached hydrogens (primary N) is 2. The summed E-state index contributed by atoms with van der Waals surface area (Å²) in [5.74, 6) is -0.734. The molecule has 6 heteroatoms. The van der Waals surface area contributed by atoms with E-state index in [9.17, 15) is 8.78 Å². The second kappa shape index (κ2) is 5.29. The van der Waals surface area contributed by atoms with Gasteiger partial charge in [0.25, 0.3) is 0 Å². The smallest absolute Gasteiger partial charge is 0.242 e. The van der Waals surface area contributed by atoms with Gasteiger partial charge in [0.2, 0.25) is 6.43 Å². The minimum atomic E-state index is -2.33. The molecule has 0 aromatic rings. The first kappa shape index (κ1) is 15.8. The third-order valence-electron chi connectivity index (χ3n) is 2.57. The van der Waals surface area contributed by atoms with Crippen LogP contribution in [0, 0.1) is 5.92 Å². The zero-order chi connectivity index (χ0) is 8.65. The molecule has 0 aliphatic heterocycles. The van der Waals surface area contributed by atoms with Gasteiger partial charge in [-0.1, -0.05) is 6.92 Å². The topological polar surface area (TPSA) is 52.0 Å². The van der Waals surface area contributed by atoms with Gasteiger partial charge in [-0.2, -0.15) is 0 Å². The fraction of sp³-hybridized carbons (Fsp3) is 1.00. The van der Waals surface area contributed by atoms with Crippen LogP contribution in [0.1, 0.15) is 19.8 Å². The lowest BCUT2D eigenvalue weighted by Crippen LogP contribution is -2.62. The number of rotatable bonds is 2.